The number of hydrogen-bond donors (Lipinski definition) is 2. The average molecular weight is 353 g/mol. The van der Waals surface area contributed by atoms with Gasteiger partial charge in [0.25, 0.3) is 0 Å². The number of nitrogens with one attached hydrogen (secondary N) is 1. The van der Waals surface area contributed by atoms with Crippen LogP contribution in [-0.2, 0) is 25.8 Å². The van der Waals surface area contributed by atoms with Crippen LogP contribution in [0.1, 0.15) is 38.2 Å². The third-order valence-electron chi connectivity index (χ3n) is 4.20. The molecule has 6 nitrogen and oxygen atoms in total. The Kier molecular flexibility index (Phi) is 5.99. The van der Waals surface area contributed by atoms with Gasteiger partial charge in [-0.05, 0) is 36.5 Å². The third kappa shape index (κ3) is 5.33. The second kappa shape index (κ2) is 7.79. The summed E-state index contributed by atoms with van der Waals surface area (Å²) in [6.45, 7) is 1.59. The van der Waals surface area contributed by atoms with Gasteiger partial charge in [0.2, 0.25) is 5.91 Å². The van der Waals surface area contributed by atoms with Gasteiger partial charge >= 0.3 is 5.97 Å². The molecule has 2 N–H and O–H groups in total. The van der Waals surface area contributed by atoms with E-state index >= 15 is 0 Å². The number of carboxylic acids is 1. The van der Waals surface area contributed by atoms with E-state index in [1.54, 1.807) is 31.2 Å². The number of aryl methyl sites for hydroxylation is 1. The standard InChI is InChI=1S/C17H23NO5S/c1-2-24(22,23)14-8-5-12(6-9-14)7-10-16(19)18-15(17(20)21)11-13-3-4-13/h5-6,8-9,13,15H,2-4,7,10-11H2,1H3,(H,18,19)(H,20,21). The van der Waals surface area contributed by atoms with Gasteiger partial charge in [0.1, 0.15) is 6.04 Å². The topological polar surface area (TPSA) is 101 Å². The minimum Gasteiger partial charge on any atom is -0.480 e. The van der Waals surface area contributed by atoms with Gasteiger partial charge in [-0.2, -0.15) is 0 Å². The molecule has 0 heterocycles. The number of amides is 1. The van der Waals surface area contributed by atoms with Crippen molar-refractivity contribution in [2.45, 2.75) is 50.0 Å². The summed E-state index contributed by atoms with van der Waals surface area (Å²) in [5.41, 5.74) is 0.842. The Bertz CT molecular complexity index is 692. The molecule has 1 aliphatic carbocycles. The molecule has 24 heavy (non-hydrogen) atoms. The molecule has 1 saturated carbocycles. The van der Waals surface area contributed by atoms with Crippen LogP contribution in [0.4, 0.5) is 0 Å². The zero-order valence-corrected chi connectivity index (χ0v) is 14.5. The van der Waals surface area contributed by atoms with E-state index in [2.05, 4.69) is 5.32 Å². The second-order valence-electron chi connectivity index (χ2n) is 6.18. The smallest absolute Gasteiger partial charge is 0.326 e. The van der Waals surface area contributed by atoms with Gasteiger partial charge in [0.05, 0.1) is 10.6 Å². The van der Waals surface area contributed by atoms with Crippen molar-refractivity contribution in [1.82, 2.24) is 5.32 Å². The lowest BCUT2D eigenvalue weighted by Gasteiger charge is -2.14. The molecule has 0 spiro atoms. The van der Waals surface area contributed by atoms with E-state index in [4.69, 9.17) is 5.11 Å². The van der Waals surface area contributed by atoms with E-state index in [-0.39, 0.29) is 23.0 Å². The van der Waals surface area contributed by atoms with E-state index in [1.165, 1.54) is 0 Å². The van der Waals surface area contributed by atoms with Gasteiger partial charge in [0.15, 0.2) is 9.84 Å². The molecule has 1 fully saturated rings. The van der Waals surface area contributed by atoms with Crippen molar-refractivity contribution in [3.8, 4) is 0 Å². The number of aliphatic carboxylic acids is 1. The number of rotatable bonds is 9. The minimum atomic E-state index is -3.22. The molecule has 0 aliphatic heterocycles. The Hall–Kier alpha value is -1.89. The summed E-state index contributed by atoms with van der Waals surface area (Å²) < 4.78 is 23.5. The Labute approximate surface area is 142 Å². The van der Waals surface area contributed by atoms with E-state index < -0.39 is 21.8 Å². The third-order valence-corrected chi connectivity index (χ3v) is 5.95. The second-order valence-corrected chi connectivity index (χ2v) is 8.46. The van der Waals surface area contributed by atoms with E-state index in [0.717, 1.165) is 18.4 Å². The lowest BCUT2D eigenvalue weighted by atomic mass is 10.1. The highest BCUT2D eigenvalue weighted by Crippen LogP contribution is 2.33. The summed E-state index contributed by atoms with van der Waals surface area (Å²) in [6, 6.07) is 5.64. The SMILES string of the molecule is CCS(=O)(=O)c1ccc(CCC(=O)NC(CC2CC2)C(=O)O)cc1. The highest BCUT2D eigenvalue weighted by Gasteiger charge is 2.30. The number of carboxylic acid groups (broad SMARTS) is 1. The van der Waals surface area contributed by atoms with Crippen LogP contribution < -0.4 is 5.32 Å². The molecule has 1 aromatic rings. The summed E-state index contributed by atoms with van der Waals surface area (Å²) in [7, 11) is -3.22. The molecule has 0 bridgehead atoms. The fraction of sp³-hybridized carbons (Fsp3) is 0.529. The van der Waals surface area contributed by atoms with E-state index in [9.17, 15) is 18.0 Å². The lowest BCUT2D eigenvalue weighted by molar-refractivity contribution is -0.142. The van der Waals surface area contributed by atoms with Crippen molar-refractivity contribution in [3.05, 3.63) is 29.8 Å². The molecule has 7 heteroatoms. The maximum atomic E-state index is 11.9. The average Bonchev–Trinajstić information content (AvgIpc) is 3.36. The summed E-state index contributed by atoms with van der Waals surface area (Å²) >= 11 is 0. The molecule has 1 aromatic carbocycles. The van der Waals surface area contributed by atoms with Gasteiger partial charge < -0.3 is 10.4 Å². The van der Waals surface area contributed by atoms with Gasteiger partial charge in [-0.3, -0.25) is 4.79 Å². The predicted octanol–water partition coefficient (Wildman–Crippen LogP) is 1.78. The number of benzene rings is 1. The molecule has 0 saturated heterocycles. The van der Waals surface area contributed by atoms with Crippen LogP contribution in [0.25, 0.3) is 0 Å². The van der Waals surface area contributed by atoms with Crippen molar-refractivity contribution < 1.29 is 23.1 Å². The molecular formula is C17H23NO5S. The number of hydrogen-bond acceptors (Lipinski definition) is 4. The fourth-order valence-electron chi connectivity index (χ4n) is 2.46. The van der Waals surface area contributed by atoms with Crippen LogP contribution in [0.2, 0.25) is 0 Å². The Morgan fingerprint density at radius 2 is 1.88 bits per heavy atom. The minimum absolute atomic E-state index is 0.0479. The van der Waals surface area contributed by atoms with Crippen LogP contribution >= 0.6 is 0 Å². The van der Waals surface area contributed by atoms with Crippen LogP contribution in [0.15, 0.2) is 29.2 Å². The van der Waals surface area contributed by atoms with Gasteiger partial charge in [-0.25, -0.2) is 13.2 Å². The highest BCUT2D eigenvalue weighted by molar-refractivity contribution is 7.91. The highest BCUT2D eigenvalue weighted by atomic mass is 32.2. The Balaban J connectivity index is 1.85. The molecule has 1 amide bonds. The first kappa shape index (κ1) is 18.4. The van der Waals surface area contributed by atoms with Crippen molar-refractivity contribution in [2.24, 2.45) is 5.92 Å². The van der Waals surface area contributed by atoms with Crippen molar-refractivity contribution in [3.63, 3.8) is 0 Å². The summed E-state index contributed by atoms with van der Waals surface area (Å²) in [5, 5.41) is 11.7. The van der Waals surface area contributed by atoms with Gasteiger partial charge in [-0.15, -0.1) is 0 Å². The summed E-state index contributed by atoms with van der Waals surface area (Å²) in [5.74, 6) is -0.830. The molecule has 0 radical (unpaired) electrons. The fourth-order valence-corrected chi connectivity index (χ4v) is 3.35. The lowest BCUT2D eigenvalue weighted by Crippen LogP contribution is -2.41. The first-order chi connectivity index (χ1) is 11.3. The number of sulfone groups is 1. The van der Waals surface area contributed by atoms with Crippen LogP contribution in [-0.4, -0.2) is 37.2 Å². The number of carbonyl (C=O) groups excluding carboxylic acids is 1. The molecule has 132 valence electrons. The molecular weight excluding hydrogens is 330 g/mol. The Morgan fingerprint density at radius 3 is 2.38 bits per heavy atom. The number of carbonyl (C=O) groups is 2. The molecule has 0 aromatic heterocycles. The maximum absolute atomic E-state index is 11.9. The van der Waals surface area contributed by atoms with Crippen LogP contribution in [0.3, 0.4) is 0 Å². The molecule has 1 atom stereocenters. The van der Waals surface area contributed by atoms with E-state index in [1.807, 2.05) is 0 Å². The van der Waals surface area contributed by atoms with Gasteiger partial charge in [-0.1, -0.05) is 31.9 Å². The first-order valence-electron chi connectivity index (χ1n) is 8.15. The summed E-state index contributed by atoms with van der Waals surface area (Å²) in [6.07, 6.45) is 3.17. The monoisotopic (exact) mass is 353 g/mol. The van der Waals surface area contributed by atoms with Crippen molar-refractivity contribution in [1.29, 1.82) is 0 Å². The zero-order valence-electron chi connectivity index (χ0n) is 13.7. The quantitative estimate of drug-likeness (QED) is 0.705. The Morgan fingerprint density at radius 1 is 1.25 bits per heavy atom. The van der Waals surface area contributed by atoms with E-state index in [0.29, 0.717) is 18.8 Å². The van der Waals surface area contributed by atoms with Crippen LogP contribution in [0, 0.1) is 5.92 Å². The predicted molar refractivity (Wildman–Crippen MR) is 89.4 cm³/mol. The maximum Gasteiger partial charge on any atom is 0.326 e. The first-order valence-corrected chi connectivity index (χ1v) is 9.81. The molecule has 1 unspecified atom stereocenters. The normalized spacial score (nSPS) is 15.7. The molecule has 2 rings (SSSR count). The van der Waals surface area contributed by atoms with Crippen molar-refractivity contribution in [2.75, 3.05) is 5.75 Å². The van der Waals surface area contributed by atoms with Crippen molar-refractivity contribution >= 4 is 21.7 Å². The van der Waals surface area contributed by atoms with Crippen LogP contribution in [0.5, 0.6) is 0 Å². The zero-order chi connectivity index (χ0) is 17.7. The van der Waals surface area contributed by atoms with Gasteiger partial charge in [0, 0.05) is 6.42 Å². The molecule has 1 aliphatic rings. The largest absolute Gasteiger partial charge is 0.480 e. The summed E-state index contributed by atoms with van der Waals surface area (Å²) in [4.78, 5) is 23.4.